The van der Waals surface area contributed by atoms with Gasteiger partial charge in [0.1, 0.15) is 11.7 Å². The quantitative estimate of drug-likeness (QED) is 0.636. The average Bonchev–Trinajstić information content (AvgIpc) is 2.34. The number of Topliss-reactive ketones (excluding diaryl/α,β-unsaturated/α-hetero) is 1. The van der Waals surface area contributed by atoms with Crippen LogP contribution in [0.5, 0.6) is 0 Å². The molecule has 1 N–H and O–H groups in total. The van der Waals surface area contributed by atoms with E-state index in [1.54, 1.807) is 0 Å². The molecule has 1 atom stereocenters. The first kappa shape index (κ1) is 8.68. The fourth-order valence-electron chi connectivity index (χ4n) is 1.18. The summed E-state index contributed by atoms with van der Waals surface area (Å²) < 4.78 is 5.13. The normalized spacial score (nSPS) is 25.5. The molecular formula is C8H14O3. The molecular weight excluding hydrogens is 144 g/mol. The summed E-state index contributed by atoms with van der Waals surface area (Å²) >= 11 is 0. The standard InChI is InChI=1S/C8H14O3/c1-8(2,10)7(9)6-4-3-5-11-6/h6,10H,3-5H2,1-2H3. The van der Waals surface area contributed by atoms with Crippen molar-refractivity contribution in [1.82, 2.24) is 0 Å². The van der Waals surface area contributed by atoms with Crippen LogP contribution in [0, 0.1) is 0 Å². The summed E-state index contributed by atoms with van der Waals surface area (Å²) in [6, 6.07) is 0. The molecule has 0 bridgehead atoms. The average molecular weight is 158 g/mol. The van der Waals surface area contributed by atoms with Crippen LogP contribution in [0.4, 0.5) is 0 Å². The molecule has 0 aliphatic carbocycles. The highest BCUT2D eigenvalue weighted by Gasteiger charge is 2.33. The zero-order valence-electron chi connectivity index (χ0n) is 6.96. The van der Waals surface area contributed by atoms with Gasteiger partial charge in [0.05, 0.1) is 0 Å². The predicted octanol–water partition coefficient (Wildman–Crippen LogP) is 0.505. The molecule has 0 spiro atoms. The number of ketones is 1. The van der Waals surface area contributed by atoms with Gasteiger partial charge in [-0.2, -0.15) is 0 Å². The molecule has 0 aromatic carbocycles. The first-order chi connectivity index (χ1) is 5.02. The third-order valence-electron chi connectivity index (χ3n) is 1.83. The lowest BCUT2D eigenvalue weighted by Gasteiger charge is -2.19. The lowest BCUT2D eigenvalue weighted by molar-refractivity contribution is -0.143. The molecule has 1 unspecified atom stereocenters. The van der Waals surface area contributed by atoms with E-state index in [0.29, 0.717) is 6.61 Å². The third kappa shape index (κ3) is 2.01. The largest absolute Gasteiger partial charge is 0.383 e. The van der Waals surface area contributed by atoms with Crippen LogP contribution in [0.1, 0.15) is 26.7 Å². The van der Waals surface area contributed by atoms with Gasteiger partial charge in [-0.05, 0) is 26.7 Å². The van der Waals surface area contributed by atoms with Crippen molar-refractivity contribution < 1.29 is 14.6 Å². The van der Waals surface area contributed by atoms with Crippen LogP contribution in [0.3, 0.4) is 0 Å². The summed E-state index contributed by atoms with van der Waals surface area (Å²) in [6.07, 6.45) is 1.31. The van der Waals surface area contributed by atoms with E-state index in [0.717, 1.165) is 12.8 Å². The molecule has 3 nitrogen and oxygen atoms in total. The fourth-order valence-corrected chi connectivity index (χ4v) is 1.18. The van der Waals surface area contributed by atoms with Crippen LogP contribution in [0.25, 0.3) is 0 Å². The van der Waals surface area contributed by atoms with E-state index in [1.165, 1.54) is 13.8 Å². The Kier molecular flexibility index (Phi) is 2.30. The fraction of sp³-hybridized carbons (Fsp3) is 0.875. The molecule has 0 amide bonds. The maximum absolute atomic E-state index is 11.3. The number of carbonyl (C=O) groups is 1. The van der Waals surface area contributed by atoms with Gasteiger partial charge in [-0.15, -0.1) is 0 Å². The van der Waals surface area contributed by atoms with Crippen molar-refractivity contribution in [1.29, 1.82) is 0 Å². The van der Waals surface area contributed by atoms with E-state index < -0.39 is 5.60 Å². The lowest BCUT2D eigenvalue weighted by atomic mass is 9.98. The number of carbonyl (C=O) groups excluding carboxylic acids is 1. The summed E-state index contributed by atoms with van der Waals surface area (Å²) in [5, 5.41) is 9.32. The first-order valence-electron chi connectivity index (χ1n) is 3.90. The number of ether oxygens (including phenoxy) is 1. The second-order valence-corrected chi connectivity index (χ2v) is 3.42. The lowest BCUT2D eigenvalue weighted by Crippen LogP contribution is -2.39. The van der Waals surface area contributed by atoms with Crippen molar-refractivity contribution in [3.8, 4) is 0 Å². The number of hydrogen-bond acceptors (Lipinski definition) is 3. The van der Waals surface area contributed by atoms with Gasteiger partial charge in [-0.1, -0.05) is 0 Å². The van der Waals surface area contributed by atoms with E-state index in [-0.39, 0.29) is 11.9 Å². The van der Waals surface area contributed by atoms with Gasteiger partial charge in [-0.25, -0.2) is 0 Å². The molecule has 3 heteroatoms. The Balaban J connectivity index is 2.53. The molecule has 0 radical (unpaired) electrons. The van der Waals surface area contributed by atoms with Gasteiger partial charge in [0.25, 0.3) is 0 Å². The number of rotatable bonds is 2. The van der Waals surface area contributed by atoms with Crippen molar-refractivity contribution >= 4 is 5.78 Å². The van der Waals surface area contributed by atoms with Crippen molar-refractivity contribution in [3.05, 3.63) is 0 Å². The van der Waals surface area contributed by atoms with Crippen molar-refractivity contribution in [3.63, 3.8) is 0 Å². The van der Waals surface area contributed by atoms with Crippen LogP contribution >= 0.6 is 0 Å². The Labute approximate surface area is 66.4 Å². The van der Waals surface area contributed by atoms with Gasteiger partial charge >= 0.3 is 0 Å². The van der Waals surface area contributed by atoms with Gasteiger partial charge in [0.15, 0.2) is 5.78 Å². The minimum atomic E-state index is -1.24. The van der Waals surface area contributed by atoms with E-state index >= 15 is 0 Å². The van der Waals surface area contributed by atoms with E-state index in [1.807, 2.05) is 0 Å². The maximum atomic E-state index is 11.3. The summed E-state index contributed by atoms with van der Waals surface area (Å²) in [4.78, 5) is 11.3. The molecule has 1 saturated heterocycles. The van der Waals surface area contributed by atoms with Crippen molar-refractivity contribution in [2.75, 3.05) is 6.61 Å². The highest BCUT2D eigenvalue weighted by Crippen LogP contribution is 2.18. The third-order valence-corrected chi connectivity index (χ3v) is 1.83. The minimum Gasteiger partial charge on any atom is -0.383 e. The number of aliphatic hydroxyl groups is 1. The minimum absolute atomic E-state index is 0.199. The zero-order valence-corrected chi connectivity index (χ0v) is 6.96. The number of hydrogen-bond donors (Lipinski definition) is 1. The Hall–Kier alpha value is -0.410. The van der Waals surface area contributed by atoms with Crippen LogP contribution in [0.15, 0.2) is 0 Å². The summed E-state index contributed by atoms with van der Waals surface area (Å²) in [5.74, 6) is -0.199. The molecule has 1 aliphatic heterocycles. The summed E-state index contributed by atoms with van der Waals surface area (Å²) in [5.41, 5.74) is -1.24. The molecule has 1 rings (SSSR count). The van der Waals surface area contributed by atoms with Crippen LogP contribution < -0.4 is 0 Å². The molecule has 1 heterocycles. The molecule has 11 heavy (non-hydrogen) atoms. The summed E-state index contributed by atoms with van der Waals surface area (Å²) in [7, 11) is 0. The Morgan fingerprint density at radius 1 is 1.64 bits per heavy atom. The molecule has 0 aromatic heterocycles. The van der Waals surface area contributed by atoms with Crippen molar-refractivity contribution in [2.24, 2.45) is 0 Å². The SMILES string of the molecule is CC(C)(O)C(=O)C1CCCO1. The molecule has 0 aromatic rings. The van der Waals surface area contributed by atoms with Crippen LogP contribution in [-0.2, 0) is 9.53 Å². The van der Waals surface area contributed by atoms with Crippen LogP contribution in [0.2, 0.25) is 0 Å². The van der Waals surface area contributed by atoms with E-state index in [4.69, 9.17) is 4.74 Å². The van der Waals surface area contributed by atoms with E-state index in [9.17, 15) is 9.90 Å². The molecule has 64 valence electrons. The van der Waals surface area contributed by atoms with E-state index in [2.05, 4.69) is 0 Å². The Morgan fingerprint density at radius 3 is 2.64 bits per heavy atom. The topological polar surface area (TPSA) is 46.5 Å². The Morgan fingerprint density at radius 2 is 2.27 bits per heavy atom. The molecule has 1 aliphatic rings. The second kappa shape index (κ2) is 2.91. The van der Waals surface area contributed by atoms with Gasteiger partial charge in [0.2, 0.25) is 0 Å². The molecule has 0 saturated carbocycles. The Bertz CT molecular complexity index is 151. The van der Waals surface area contributed by atoms with Gasteiger partial charge < -0.3 is 9.84 Å². The second-order valence-electron chi connectivity index (χ2n) is 3.42. The predicted molar refractivity (Wildman–Crippen MR) is 40.3 cm³/mol. The maximum Gasteiger partial charge on any atom is 0.192 e. The van der Waals surface area contributed by atoms with Gasteiger partial charge in [0, 0.05) is 6.61 Å². The highest BCUT2D eigenvalue weighted by molar-refractivity contribution is 5.90. The first-order valence-corrected chi connectivity index (χ1v) is 3.90. The van der Waals surface area contributed by atoms with Gasteiger partial charge in [-0.3, -0.25) is 4.79 Å². The summed E-state index contributed by atoms with van der Waals surface area (Å²) in [6.45, 7) is 3.64. The highest BCUT2D eigenvalue weighted by atomic mass is 16.5. The zero-order chi connectivity index (χ0) is 8.48. The monoisotopic (exact) mass is 158 g/mol. The smallest absolute Gasteiger partial charge is 0.192 e. The van der Waals surface area contributed by atoms with Crippen LogP contribution in [-0.4, -0.2) is 29.2 Å². The molecule has 1 fully saturated rings. The van der Waals surface area contributed by atoms with Crippen molar-refractivity contribution in [2.45, 2.75) is 38.4 Å².